The normalized spacial score (nSPS) is 18.1. The second kappa shape index (κ2) is 7.77. The van der Waals surface area contributed by atoms with Crippen molar-refractivity contribution in [2.45, 2.75) is 45.6 Å². The Kier molecular flexibility index (Phi) is 6.00. The molecule has 0 aromatic heterocycles. The Balaban J connectivity index is 2.16. The van der Waals surface area contributed by atoms with Crippen molar-refractivity contribution in [2.75, 3.05) is 18.0 Å². The minimum absolute atomic E-state index is 0.0394. The molecule has 0 saturated carbocycles. The molecule has 22 heavy (non-hydrogen) atoms. The maximum absolute atomic E-state index is 12.7. The van der Waals surface area contributed by atoms with Gasteiger partial charge < -0.3 is 9.80 Å². The number of likely N-dealkylation sites (tertiary alicyclic amines) is 1. The van der Waals surface area contributed by atoms with Gasteiger partial charge in [-0.3, -0.25) is 9.59 Å². The Morgan fingerprint density at radius 1 is 1.32 bits per heavy atom. The van der Waals surface area contributed by atoms with Crippen LogP contribution in [0.2, 0.25) is 0 Å². The molecule has 1 unspecified atom stereocenters. The summed E-state index contributed by atoms with van der Waals surface area (Å²) in [6.45, 7) is 4.53. The van der Waals surface area contributed by atoms with Crippen LogP contribution in [-0.2, 0) is 9.59 Å². The largest absolute Gasteiger partial charge is 0.338 e. The fourth-order valence-corrected chi connectivity index (χ4v) is 3.52. The summed E-state index contributed by atoms with van der Waals surface area (Å²) in [4.78, 5) is 28.2. The highest BCUT2D eigenvalue weighted by atomic mass is 79.9. The zero-order valence-corrected chi connectivity index (χ0v) is 14.8. The third-order valence-corrected chi connectivity index (χ3v) is 4.91. The van der Waals surface area contributed by atoms with Crippen molar-refractivity contribution in [2.24, 2.45) is 0 Å². The maximum atomic E-state index is 12.7. The van der Waals surface area contributed by atoms with Crippen LogP contribution in [-0.4, -0.2) is 35.8 Å². The first-order valence-electron chi connectivity index (χ1n) is 7.86. The molecular formula is C17H23BrN2O2. The van der Waals surface area contributed by atoms with Gasteiger partial charge in [0.2, 0.25) is 11.8 Å². The second-order valence-electron chi connectivity index (χ2n) is 5.70. The molecule has 1 heterocycles. The fraction of sp³-hybridized carbons (Fsp3) is 0.529. The highest BCUT2D eigenvalue weighted by molar-refractivity contribution is 9.10. The minimum Gasteiger partial charge on any atom is -0.338 e. The van der Waals surface area contributed by atoms with Gasteiger partial charge in [0.25, 0.3) is 0 Å². The van der Waals surface area contributed by atoms with Crippen LogP contribution in [0.3, 0.4) is 0 Å². The number of piperidine rings is 1. The average Bonchev–Trinajstić information content (AvgIpc) is 2.53. The van der Waals surface area contributed by atoms with E-state index in [1.54, 1.807) is 4.90 Å². The number of carbonyl (C=O) groups excluding carboxylic acids is 2. The third-order valence-electron chi connectivity index (χ3n) is 4.24. The highest BCUT2D eigenvalue weighted by Gasteiger charge is 2.28. The Morgan fingerprint density at radius 3 is 2.68 bits per heavy atom. The van der Waals surface area contributed by atoms with E-state index in [4.69, 9.17) is 0 Å². The lowest BCUT2D eigenvalue weighted by molar-refractivity contribution is -0.134. The van der Waals surface area contributed by atoms with Gasteiger partial charge in [0.15, 0.2) is 0 Å². The maximum Gasteiger partial charge on any atom is 0.242 e. The lowest BCUT2D eigenvalue weighted by atomic mass is 10.00. The molecule has 1 aromatic carbocycles. The van der Waals surface area contributed by atoms with Gasteiger partial charge in [-0.1, -0.05) is 19.1 Å². The zero-order valence-electron chi connectivity index (χ0n) is 13.2. The number of carbonyl (C=O) groups is 2. The predicted molar refractivity (Wildman–Crippen MR) is 91.8 cm³/mol. The summed E-state index contributed by atoms with van der Waals surface area (Å²) in [5, 5.41) is 0. The molecular weight excluding hydrogens is 344 g/mol. The van der Waals surface area contributed by atoms with E-state index < -0.39 is 0 Å². The lowest BCUT2D eigenvalue weighted by Gasteiger charge is -2.36. The first-order valence-corrected chi connectivity index (χ1v) is 8.66. The van der Waals surface area contributed by atoms with Gasteiger partial charge in [-0.25, -0.2) is 0 Å². The summed E-state index contributed by atoms with van der Waals surface area (Å²) < 4.78 is 0.823. The number of amides is 2. The monoisotopic (exact) mass is 366 g/mol. The summed E-state index contributed by atoms with van der Waals surface area (Å²) >= 11 is 3.46. The number of rotatable bonds is 4. The number of nitrogens with zero attached hydrogens (tertiary/aromatic N) is 2. The zero-order chi connectivity index (χ0) is 16.1. The molecule has 1 aliphatic heterocycles. The van der Waals surface area contributed by atoms with Crippen LogP contribution < -0.4 is 4.90 Å². The van der Waals surface area contributed by atoms with E-state index in [1.807, 2.05) is 29.2 Å². The molecule has 1 aliphatic rings. The number of halogens is 1. The van der Waals surface area contributed by atoms with Gasteiger partial charge in [-0.15, -0.1) is 0 Å². The predicted octanol–water partition coefficient (Wildman–Crippen LogP) is 3.59. The quantitative estimate of drug-likeness (QED) is 0.816. The minimum atomic E-state index is -0.120. The van der Waals surface area contributed by atoms with Crippen LogP contribution in [0, 0.1) is 0 Å². The first kappa shape index (κ1) is 17.0. The lowest BCUT2D eigenvalue weighted by Crippen LogP contribution is -2.48. The molecule has 0 aliphatic carbocycles. The number of para-hydroxylation sites is 1. The number of benzene rings is 1. The Bertz CT molecular complexity index is 547. The Morgan fingerprint density at radius 2 is 2.05 bits per heavy atom. The summed E-state index contributed by atoms with van der Waals surface area (Å²) in [7, 11) is 0. The van der Waals surface area contributed by atoms with Crippen LogP contribution in [0.5, 0.6) is 0 Å². The molecule has 5 heteroatoms. The van der Waals surface area contributed by atoms with E-state index in [1.165, 1.54) is 13.3 Å². The average molecular weight is 367 g/mol. The molecule has 0 spiro atoms. The van der Waals surface area contributed by atoms with Gasteiger partial charge in [0, 0.05) is 24.0 Å². The van der Waals surface area contributed by atoms with Crippen molar-refractivity contribution < 1.29 is 9.59 Å². The topological polar surface area (TPSA) is 40.6 Å². The number of anilines is 1. The van der Waals surface area contributed by atoms with E-state index in [9.17, 15) is 9.59 Å². The number of hydrogen-bond acceptors (Lipinski definition) is 2. The van der Waals surface area contributed by atoms with Crippen molar-refractivity contribution in [3.8, 4) is 0 Å². The van der Waals surface area contributed by atoms with Gasteiger partial charge in [-0.2, -0.15) is 0 Å². The summed E-state index contributed by atoms with van der Waals surface area (Å²) in [5.74, 6) is -0.0807. The smallest absolute Gasteiger partial charge is 0.242 e. The first-order chi connectivity index (χ1) is 10.5. The third kappa shape index (κ3) is 3.88. The Hall–Kier alpha value is -1.36. The van der Waals surface area contributed by atoms with Gasteiger partial charge >= 0.3 is 0 Å². The van der Waals surface area contributed by atoms with Gasteiger partial charge in [0.1, 0.15) is 6.54 Å². The summed E-state index contributed by atoms with van der Waals surface area (Å²) in [5.41, 5.74) is 0.744. The molecule has 1 aromatic rings. The van der Waals surface area contributed by atoms with Gasteiger partial charge in [0.05, 0.1) is 5.69 Å². The van der Waals surface area contributed by atoms with Crippen LogP contribution in [0.25, 0.3) is 0 Å². The van der Waals surface area contributed by atoms with E-state index in [2.05, 4.69) is 22.9 Å². The van der Waals surface area contributed by atoms with Gasteiger partial charge in [-0.05, 0) is 53.7 Å². The standard InChI is InChI=1S/C17H23BrN2O2/c1-3-14-8-6-7-11-19(14)17(22)12-20(13(2)21)16-10-5-4-9-15(16)18/h4-5,9-10,14H,3,6-8,11-12H2,1-2H3. The van der Waals surface area contributed by atoms with Crippen molar-refractivity contribution in [3.05, 3.63) is 28.7 Å². The van der Waals surface area contributed by atoms with Crippen LogP contribution >= 0.6 is 15.9 Å². The van der Waals surface area contributed by atoms with E-state index in [0.29, 0.717) is 6.04 Å². The fourth-order valence-electron chi connectivity index (χ4n) is 3.02. The molecule has 120 valence electrons. The van der Waals surface area contributed by atoms with Crippen molar-refractivity contribution >= 4 is 33.4 Å². The van der Waals surface area contributed by atoms with E-state index in [0.717, 1.165) is 36.0 Å². The van der Waals surface area contributed by atoms with Crippen LogP contribution in [0.1, 0.15) is 39.5 Å². The van der Waals surface area contributed by atoms with Crippen molar-refractivity contribution in [3.63, 3.8) is 0 Å². The summed E-state index contributed by atoms with van der Waals surface area (Å²) in [6.07, 6.45) is 4.28. The molecule has 1 atom stereocenters. The summed E-state index contributed by atoms with van der Waals surface area (Å²) in [6, 6.07) is 7.81. The molecule has 2 amide bonds. The van der Waals surface area contributed by atoms with Crippen molar-refractivity contribution in [1.29, 1.82) is 0 Å². The second-order valence-corrected chi connectivity index (χ2v) is 6.56. The SMILES string of the molecule is CCC1CCCCN1C(=O)CN(C(C)=O)c1ccccc1Br. The molecule has 2 rings (SSSR count). The molecule has 0 bridgehead atoms. The Labute approximate surface area is 140 Å². The van der Waals surface area contributed by atoms with Crippen LogP contribution in [0.4, 0.5) is 5.69 Å². The number of hydrogen-bond donors (Lipinski definition) is 0. The molecule has 4 nitrogen and oxygen atoms in total. The molecule has 0 radical (unpaired) electrons. The van der Waals surface area contributed by atoms with Crippen molar-refractivity contribution in [1.82, 2.24) is 4.90 Å². The highest BCUT2D eigenvalue weighted by Crippen LogP contribution is 2.26. The van der Waals surface area contributed by atoms with E-state index in [-0.39, 0.29) is 18.4 Å². The molecule has 1 saturated heterocycles. The molecule has 0 N–H and O–H groups in total. The van der Waals surface area contributed by atoms with Crippen LogP contribution in [0.15, 0.2) is 28.7 Å². The molecule has 1 fully saturated rings. The van der Waals surface area contributed by atoms with E-state index >= 15 is 0 Å².